The van der Waals surface area contributed by atoms with Crippen LogP contribution in [0.3, 0.4) is 0 Å². The first-order chi connectivity index (χ1) is 12.9. The Morgan fingerprint density at radius 1 is 0.857 bits per heavy atom. The van der Waals surface area contributed by atoms with Crippen LogP contribution in [-0.4, -0.2) is 17.5 Å². The van der Waals surface area contributed by atoms with E-state index in [1.807, 2.05) is 24.3 Å². The zero-order valence-corrected chi connectivity index (χ0v) is 15.2. The second-order valence-electron chi connectivity index (χ2n) is 6.57. The summed E-state index contributed by atoms with van der Waals surface area (Å²) >= 11 is 0. The maximum atomic E-state index is 12.9. The van der Waals surface area contributed by atoms with Gasteiger partial charge in [0.05, 0.1) is 0 Å². The van der Waals surface area contributed by atoms with Gasteiger partial charge in [-0.25, -0.2) is 0 Å². The molecule has 0 aromatic heterocycles. The highest BCUT2D eigenvalue weighted by Crippen LogP contribution is 2.50. The fraction of sp³-hybridized carbons (Fsp3) is 0.400. The largest absolute Gasteiger partial charge is 0.489 e. The van der Waals surface area contributed by atoms with E-state index < -0.39 is 23.5 Å². The molecule has 0 bridgehead atoms. The van der Waals surface area contributed by atoms with Crippen LogP contribution in [0.4, 0.5) is 26.3 Å². The average Bonchev–Trinajstić information content (AvgIpc) is 2.64. The molecule has 2 rings (SSSR count). The van der Waals surface area contributed by atoms with E-state index in [0.29, 0.717) is 18.1 Å². The van der Waals surface area contributed by atoms with Crippen LogP contribution >= 0.6 is 0 Å². The lowest BCUT2D eigenvalue weighted by Gasteiger charge is -2.32. The molecule has 28 heavy (non-hydrogen) atoms. The molecule has 2 aromatic rings. The van der Waals surface area contributed by atoms with E-state index in [1.54, 1.807) is 0 Å². The Kier molecular flexibility index (Phi) is 6.33. The first kappa shape index (κ1) is 22.1. The van der Waals surface area contributed by atoms with E-state index in [2.05, 4.69) is 13.8 Å². The molecule has 0 saturated carbocycles. The van der Waals surface area contributed by atoms with Crippen LogP contribution in [0.1, 0.15) is 42.9 Å². The number of rotatable bonds is 6. The Labute approximate surface area is 158 Å². The second-order valence-corrected chi connectivity index (χ2v) is 6.57. The van der Waals surface area contributed by atoms with Gasteiger partial charge in [-0.1, -0.05) is 50.2 Å². The number of hydrogen-bond donors (Lipinski definition) is 1. The third-order valence-electron chi connectivity index (χ3n) is 4.66. The lowest BCUT2D eigenvalue weighted by Crippen LogP contribution is -2.53. The molecule has 0 heterocycles. The average molecular weight is 406 g/mol. The molecule has 0 fully saturated rings. The quantitative estimate of drug-likeness (QED) is 0.588. The summed E-state index contributed by atoms with van der Waals surface area (Å²) in [6, 6.07) is 10.6. The van der Waals surface area contributed by atoms with Gasteiger partial charge >= 0.3 is 12.4 Å². The maximum Gasteiger partial charge on any atom is 0.430 e. The van der Waals surface area contributed by atoms with Crippen molar-refractivity contribution in [3.63, 3.8) is 0 Å². The highest BCUT2D eigenvalue weighted by Gasteiger charge is 2.71. The minimum atomic E-state index is -5.91. The van der Waals surface area contributed by atoms with Crippen LogP contribution in [0.15, 0.2) is 48.5 Å². The van der Waals surface area contributed by atoms with E-state index in [4.69, 9.17) is 4.74 Å². The lowest BCUT2D eigenvalue weighted by molar-refractivity contribution is -0.376. The summed E-state index contributed by atoms with van der Waals surface area (Å²) in [4.78, 5) is 0. The van der Waals surface area contributed by atoms with Gasteiger partial charge in [-0.15, -0.1) is 0 Å². The molecule has 0 aliphatic carbocycles. The molecular formula is C20H20F6O2. The van der Waals surface area contributed by atoms with Gasteiger partial charge in [0.25, 0.3) is 5.60 Å². The van der Waals surface area contributed by atoms with Crippen LogP contribution < -0.4 is 4.74 Å². The summed E-state index contributed by atoms with van der Waals surface area (Å²) in [5.41, 5.74) is -4.30. The molecule has 154 valence electrons. The summed E-state index contributed by atoms with van der Waals surface area (Å²) in [5, 5.41) is 9.35. The van der Waals surface area contributed by atoms with E-state index in [0.717, 1.165) is 29.7 Å². The smallest absolute Gasteiger partial charge is 0.430 e. The number of aliphatic hydroxyl groups is 1. The Bertz CT molecular complexity index is 749. The molecule has 0 aliphatic rings. The van der Waals surface area contributed by atoms with Crippen molar-refractivity contribution in [2.45, 2.75) is 50.7 Å². The Balaban J connectivity index is 2.12. The zero-order chi connectivity index (χ0) is 21.2. The predicted octanol–water partition coefficient (Wildman–Crippen LogP) is 6.09. The number of alkyl halides is 6. The summed E-state index contributed by atoms with van der Waals surface area (Å²) in [6.45, 7) is 4.27. The van der Waals surface area contributed by atoms with Gasteiger partial charge < -0.3 is 9.84 Å². The summed E-state index contributed by atoms with van der Waals surface area (Å²) in [6.07, 6.45) is -10.8. The molecule has 0 radical (unpaired) electrons. The van der Waals surface area contributed by atoms with Crippen molar-refractivity contribution < 1.29 is 36.2 Å². The normalized spacial score (nSPS) is 14.0. The van der Waals surface area contributed by atoms with E-state index in [9.17, 15) is 31.4 Å². The van der Waals surface area contributed by atoms with Crippen molar-refractivity contribution in [2.24, 2.45) is 0 Å². The highest BCUT2D eigenvalue weighted by molar-refractivity contribution is 5.33. The monoisotopic (exact) mass is 406 g/mol. The first-order valence-corrected chi connectivity index (χ1v) is 8.58. The number of hydrogen-bond acceptors (Lipinski definition) is 2. The standard InChI is InChI=1S/C20H20F6O2/c1-3-13(2)15-6-4-14(5-7-15)12-28-17-10-8-16(9-11-17)18(27,19(21,22)23)20(24,25)26/h4-11,13,27H,3,12H2,1-2H3. The number of halogens is 6. The Hall–Kier alpha value is -2.22. The molecule has 1 unspecified atom stereocenters. The first-order valence-electron chi connectivity index (χ1n) is 8.58. The number of ether oxygens (including phenoxy) is 1. The van der Waals surface area contributed by atoms with E-state index in [-0.39, 0.29) is 12.4 Å². The van der Waals surface area contributed by atoms with E-state index in [1.165, 1.54) is 0 Å². The maximum absolute atomic E-state index is 12.9. The topological polar surface area (TPSA) is 29.5 Å². The summed E-state index contributed by atoms with van der Waals surface area (Å²) < 4.78 is 82.6. The Morgan fingerprint density at radius 3 is 1.79 bits per heavy atom. The highest BCUT2D eigenvalue weighted by atomic mass is 19.4. The molecule has 8 heteroatoms. The van der Waals surface area contributed by atoms with Gasteiger partial charge in [-0.05, 0) is 35.6 Å². The lowest BCUT2D eigenvalue weighted by atomic mass is 9.92. The number of benzene rings is 2. The van der Waals surface area contributed by atoms with Gasteiger partial charge in [0.15, 0.2) is 0 Å². The summed E-state index contributed by atoms with van der Waals surface area (Å²) in [5.74, 6) is 0.491. The zero-order valence-electron chi connectivity index (χ0n) is 15.2. The van der Waals surface area contributed by atoms with Crippen molar-refractivity contribution >= 4 is 0 Å². The van der Waals surface area contributed by atoms with Gasteiger partial charge in [0, 0.05) is 5.56 Å². The van der Waals surface area contributed by atoms with Crippen molar-refractivity contribution in [1.29, 1.82) is 0 Å². The van der Waals surface area contributed by atoms with Crippen molar-refractivity contribution in [3.05, 3.63) is 65.2 Å². The Morgan fingerprint density at radius 2 is 1.36 bits per heavy atom. The fourth-order valence-corrected chi connectivity index (χ4v) is 2.63. The molecule has 1 N–H and O–H groups in total. The molecular weight excluding hydrogens is 386 g/mol. The third kappa shape index (κ3) is 4.43. The second kappa shape index (κ2) is 8.03. The third-order valence-corrected chi connectivity index (χ3v) is 4.66. The minimum absolute atomic E-state index is 0.0847. The van der Waals surface area contributed by atoms with Gasteiger partial charge in [-0.2, -0.15) is 26.3 Å². The molecule has 2 nitrogen and oxygen atoms in total. The van der Waals surface area contributed by atoms with Gasteiger partial charge in [0.2, 0.25) is 0 Å². The molecule has 2 aromatic carbocycles. The molecule has 0 saturated heterocycles. The SMILES string of the molecule is CCC(C)c1ccc(COc2ccc(C(O)(C(F)(F)F)C(F)(F)F)cc2)cc1. The van der Waals surface area contributed by atoms with Crippen molar-refractivity contribution in [2.75, 3.05) is 0 Å². The van der Waals surface area contributed by atoms with E-state index >= 15 is 0 Å². The van der Waals surface area contributed by atoms with Crippen molar-refractivity contribution in [3.8, 4) is 5.75 Å². The molecule has 0 spiro atoms. The van der Waals surface area contributed by atoms with Crippen LogP contribution in [-0.2, 0) is 12.2 Å². The van der Waals surface area contributed by atoms with Gasteiger partial charge in [0.1, 0.15) is 12.4 Å². The molecule has 0 aliphatic heterocycles. The predicted molar refractivity (Wildman–Crippen MR) is 91.9 cm³/mol. The van der Waals surface area contributed by atoms with Crippen LogP contribution in [0.2, 0.25) is 0 Å². The van der Waals surface area contributed by atoms with Crippen LogP contribution in [0.25, 0.3) is 0 Å². The summed E-state index contributed by atoms with van der Waals surface area (Å²) in [7, 11) is 0. The molecule has 1 atom stereocenters. The van der Waals surface area contributed by atoms with Crippen LogP contribution in [0, 0.1) is 0 Å². The van der Waals surface area contributed by atoms with Gasteiger partial charge in [-0.3, -0.25) is 0 Å². The fourth-order valence-electron chi connectivity index (χ4n) is 2.63. The van der Waals surface area contributed by atoms with Crippen molar-refractivity contribution in [1.82, 2.24) is 0 Å². The molecule has 0 amide bonds. The minimum Gasteiger partial charge on any atom is -0.489 e. The van der Waals surface area contributed by atoms with Crippen LogP contribution in [0.5, 0.6) is 5.75 Å².